The molecule has 0 spiro atoms. The lowest BCUT2D eigenvalue weighted by Crippen LogP contribution is -2.51. The van der Waals surface area contributed by atoms with Gasteiger partial charge in [0.1, 0.15) is 6.04 Å². The highest BCUT2D eigenvalue weighted by molar-refractivity contribution is 6.30. The molecule has 2 atom stereocenters. The Morgan fingerprint density at radius 3 is 2.70 bits per heavy atom. The quantitative estimate of drug-likeness (QED) is 0.781. The molecule has 0 bridgehead atoms. The molecule has 1 aliphatic heterocycles. The van der Waals surface area contributed by atoms with Gasteiger partial charge >= 0.3 is 0 Å². The molecular weight excluding hydrogens is 362 g/mol. The molecule has 6 heteroatoms. The van der Waals surface area contributed by atoms with Gasteiger partial charge in [-0.3, -0.25) is 9.59 Å². The molecule has 3 rings (SSSR count). The molecule has 1 aromatic carbocycles. The number of amides is 2. The monoisotopic (exact) mass is 391 g/mol. The van der Waals surface area contributed by atoms with E-state index in [1.165, 1.54) is 32.1 Å². The highest BCUT2D eigenvalue weighted by Crippen LogP contribution is 2.28. The molecular formula is C21H30ClN3O2. The number of nitrogens with zero attached hydrogens (tertiary/aromatic N) is 1. The zero-order valence-electron chi connectivity index (χ0n) is 15.8. The van der Waals surface area contributed by atoms with Gasteiger partial charge in [-0.15, -0.1) is 0 Å². The van der Waals surface area contributed by atoms with Crippen molar-refractivity contribution in [3.05, 3.63) is 34.9 Å². The molecule has 5 nitrogen and oxygen atoms in total. The number of halogens is 1. The van der Waals surface area contributed by atoms with Gasteiger partial charge in [0.15, 0.2) is 0 Å². The maximum Gasteiger partial charge on any atom is 0.243 e. The minimum absolute atomic E-state index is 0.0685. The summed E-state index contributed by atoms with van der Waals surface area (Å²) in [4.78, 5) is 27.2. The molecule has 1 aromatic rings. The molecule has 27 heavy (non-hydrogen) atoms. The molecule has 2 fully saturated rings. The van der Waals surface area contributed by atoms with E-state index in [-0.39, 0.29) is 11.8 Å². The Morgan fingerprint density at radius 2 is 1.96 bits per heavy atom. The van der Waals surface area contributed by atoms with E-state index in [1.54, 1.807) is 11.0 Å². The molecule has 1 heterocycles. The van der Waals surface area contributed by atoms with Gasteiger partial charge < -0.3 is 16.0 Å². The van der Waals surface area contributed by atoms with Crippen molar-refractivity contribution in [2.45, 2.75) is 70.0 Å². The van der Waals surface area contributed by atoms with Crippen LogP contribution in [0, 0.1) is 5.92 Å². The molecule has 1 unspecified atom stereocenters. The predicted molar refractivity (Wildman–Crippen MR) is 107 cm³/mol. The number of nitrogens with two attached hydrogens (primary N) is 1. The first kappa shape index (κ1) is 20.2. The normalized spacial score (nSPS) is 21.9. The average Bonchev–Trinajstić information content (AvgIpc) is 3.16. The Balaban J connectivity index is 1.53. The Kier molecular flexibility index (Phi) is 7.13. The smallest absolute Gasteiger partial charge is 0.243 e. The lowest BCUT2D eigenvalue weighted by Gasteiger charge is -2.29. The van der Waals surface area contributed by atoms with Crippen LogP contribution in [0.5, 0.6) is 0 Å². The van der Waals surface area contributed by atoms with E-state index in [2.05, 4.69) is 5.32 Å². The van der Waals surface area contributed by atoms with E-state index in [0.29, 0.717) is 30.5 Å². The number of likely N-dealkylation sites (tertiary alicyclic amines) is 1. The van der Waals surface area contributed by atoms with Crippen LogP contribution in [0.25, 0.3) is 0 Å². The molecule has 1 saturated carbocycles. The van der Waals surface area contributed by atoms with Crippen molar-refractivity contribution >= 4 is 23.4 Å². The van der Waals surface area contributed by atoms with E-state index in [4.69, 9.17) is 17.3 Å². The fourth-order valence-electron chi connectivity index (χ4n) is 4.35. The fraction of sp³-hybridized carbons (Fsp3) is 0.619. The Hall–Kier alpha value is -1.59. The Bertz CT molecular complexity index is 661. The van der Waals surface area contributed by atoms with E-state index < -0.39 is 12.1 Å². The molecule has 2 aliphatic rings. The zero-order valence-corrected chi connectivity index (χ0v) is 16.6. The standard InChI is InChI=1S/C21H30ClN3O2/c22-17-9-4-8-16(12-17)14-24-20(26)19-10-5-11-25(19)21(27)18(23)13-15-6-2-1-3-7-15/h4,8-9,12,15,18-19H,1-3,5-7,10-11,13-14,23H2,(H,24,26)/t18?,19-/m0/s1. The molecule has 0 aromatic heterocycles. The third-order valence-corrected chi connectivity index (χ3v) is 6.06. The number of nitrogens with one attached hydrogen (secondary N) is 1. The van der Waals surface area contributed by atoms with E-state index in [0.717, 1.165) is 18.4 Å². The van der Waals surface area contributed by atoms with Gasteiger partial charge in [-0.25, -0.2) is 0 Å². The van der Waals surface area contributed by atoms with Crippen molar-refractivity contribution in [3.63, 3.8) is 0 Å². The maximum atomic E-state index is 12.9. The first-order chi connectivity index (χ1) is 13.0. The molecule has 1 saturated heterocycles. The summed E-state index contributed by atoms with van der Waals surface area (Å²) in [6, 6.07) is 6.52. The van der Waals surface area contributed by atoms with Crippen molar-refractivity contribution < 1.29 is 9.59 Å². The van der Waals surface area contributed by atoms with Gasteiger partial charge in [0, 0.05) is 18.1 Å². The molecule has 148 valence electrons. The van der Waals surface area contributed by atoms with E-state index in [9.17, 15) is 9.59 Å². The van der Waals surface area contributed by atoms with Crippen LogP contribution < -0.4 is 11.1 Å². The Morgan fingerprint density at radius 1 is 1.19 bits per heavy atom. The van der Waals surface area contributed by atoms with Crippen LogP contribution in [-0.2, 0) is 16.1 Å². The lowest BCUT2D eigenvalue weighted by molar-refractivity contribution is -0.139. The van der Waals surface area contributed by atoms with Crippen molar-refractivity contribution in [1.29, 1.82) is 0 Å². The molecule has 0 radical (unpaired) electrons. The number of benzene rings is 1. The molecule has 3 N–H and O–H groups in total. The van der Waals surface area contributed by atoms with Gasteiger partial charge in [-0.1, -0.05) is 55.8 Å². The first-order valence-electron chi connectivity index (χ1n) is 10.1. The topological polar surface area (TPSA) is 75.4 Å². The highest BCUT2D eigenvalue weighted by Gasteiger charge is 2.36. The number of rotatable bonds is 6. The molecule has 1 aliphatic carbocycles. The minimum atomic E-state index is -0.491. The summed E-state index contributed by atoms with van der Waals surface area (Å²) in [5.41, 5.74) is 7.18. The summed E-state index contributed by atoms with van der Waals surface area (Å²) in [6.07, 6.45) is 8.40. The second-order valence-corrected chi connectivity index (χ2v) is 8.32. The van der Waals surface area contributed by atoms with Crippen LogP contribution in [0.4, 0.5) is 0 Å². The number of hydrogen-bond acceptors (Lipinski definition) is 3. The summed E-state index contributed by atoms with van der Waals surface area (Å²) >= 11 is 5.99. The number of carbonyl (C=O) groups is 2. The number of carbonyl (C=O) groups excluding carboxylic acids is 2. The van der Waals surface area contributed by atoms with Gasteiger partial charge in [-0.2, -0.15) is 0 Å². The van der Waals surface area contributed by atoms with Crippen LogP contribution in [-0.4, -0.2) is 35.3 Å². The third-order valence-electron chi connectivity index (χ3n) is 5.82. The van der Waals surface area contributed by atoms with Gasteiger partial charge in [-0.05, 0) is 42.9 Å². The van der Waals surface area contributed by atoms with Gasteiger partial charge in [0.25, 0.3) is 0 Å². The summed E-state index contributed by atoms with van der Waals surface area (Å²) in [7, 11) is 0. The SMILES string of the molecule is NC(CC1CCCCC1)C(=O)N1CCC[C@H]1C(=O)NCc1cccc(Cl)c1. The van der Waals surface area contributed by atoms with Gasteiger partial charge in [0.2, 0.25) is 11.8 Å². The summed E-state index contributed by atoms with van der Waals surface area (Å²) in [6.45, 7) is 1.03. The largest absolute Gasteiger partial charge is 0.350 e. The summed E-state index contributed by atoms with van der Waals surface area (Å²) < 4.78 is 0. The van der Waals surface area contributed by atoms with Crippen LogP contribution in [0.3, 0.4) is 0 Å². The van der Waals surface area contributed by atoms with Crippen LogP contribution in [0.15, 0.2) is 24.3 Å². The number of hydrogen-bond donors (Lipinski definition) is 2. The second-order valence-electron chi connectivity index (χ2n) is 7.88. The third kappa shape index (κ3) is 5.45. The Labute approximate surface area is 166 Å². The summed E-state index contributed by atoms with van der Waals surface area (Å²) in [5.74, 6) is 0.377. The summed E-state index contributed by atoms with van der Waals surface area (Å²) in [5, 5.41) is 3.59. The van der Waals surface area contributed by atoms with Crippen LogP contribution in [0.2, 0.25) is 5.02 Å². The fourth-order valence-corrected chi connectivity index (χ4v) is 4.57. The maximum absolute atomic E-state index is 12.9. The van der Waals surface area contributed by atoms with Crippen molar-refractivity contribution in [2.24, 2.45) is 11.7 Å². The van der Waals surface area contributed by atoms with Crippen molar-refractivity contribution in [1.82, 2.24) is 10.2 Å². The lowest BCUT2D eigenvalue weighted by atomic mass is 9.84. The highest BCUT2D eigenvalue weighted by atomic mass is 35.5. The van der Waals surface area contributed by atoms with Crippen LogP contribution in [0.1, 0.15) is 56.9 Å². The van der Waals surface area contributed by atoms with Crippen molar-refractivity contribution in [3.8, 4) is 0 Å². The molecule has 2 amide bonds. The zero-order chi connectivity index (χ0) is 19.2. The first-order valence-corrected chi connectivity index (χ1v) is 10.5. The average molecular weight is 392 g/mol. The predicted octanol–water partition coefficient (Wildman–Crippen LogP) is 3.24. The van der Waals surface area contributed by atoms with E-state index in [1.807, 2.05) is 18.2 Å². The second kappa shape index (κ2) is 9.56. The minimum Gasteiger partial charge on any atom is -0.350 e. The van der Waals surface area contributed by atoms with Crippen molar-refractivity contribution in [2.75, 3.05) is 6.54 Å². The van der Waals surface area contributed by atoms with Crippen LogP contribution >= 0.6 is 11.6 Å². The van der Waals surface area contributed by atoms with Gasteiger partial charge in [0.05, 0.1) is 6.04 Å². The van der Waals surface area contributed by atoms with E-state index >= 15 is 0 Å².